The Labute approximate surface area is 469 Å². The molecule has 0 radical (unpaired) electrons. The van der Waals surface area contributed by atoms with Crippen molar-refractivity contribution in [2.75, 3.05) is 14.7 Å². The standard InChI is InChI=1S/C72H88BN3S/c1-20-68(12,13)46-25-29-48(30-26-46)74(50-31-32-53(44(2)37-50)67(9,10)11)51-40-58-62-59(41-51)76-63-56(71(18)33-21-22-34-72(71,76)19)38-47(66(6,7)8)39-57(63)73(62)61-52-42-54-55(70(16,17)36-35-69(54,14)15)43-60(52)77-64(61)75(58)49-27-23-45(24-28-49)65(3,4)5/h23-32,37-43H,20-22,33-36H2,1-19H3. The summed E-state index contributed by atoms with van der Waals surface area (Å²) in [5.74, 6) is 0. The largest absolute Gasteiger partial charge is 0.335 e. The number of nitrogens with zero attached hydrogens (tertiary/aromatic N) is 3. The van der Waals surface area contributed by atoms with Crippen molar-refractivity contribution in [2.24, 2.45) is 0 Å². The normalized spacial score (nSPS) is 21.2. The van der Waals surface area contributed by atoms with E-state index in [4.69, 9.17) is 0 Å². The van der Waals surface area contributed by atoms with Gasteiger partial charge >= 0.3 is 0 Å². The average Bonchev–Trinajstić information content (AvgIpc) is 4.09. The van der Waals surface area contributed by atoms with Gasteiger partial charge < -0.3 is 14.7 Å². The lowest BCUT2D eigenvalue weighted by Crippen LogP contribution is -2.64. The van der Waals surface area contributed by atoms with Gasteiger partial charge in [0, 0.05) is 44.2 Å². The van der Waals surface area contributed by atoms with Crippen molar-refractivity contribution >= 4 is 89.3 Å². The molecule has 1 fully saturated rings. The summed E-state index contributed by atoms with van der Waals surface area (Å²) in [7, 11) is 0. The van der Waals surface area contributed by atoms with Gasteiger partial charge in [0.25, 0.3) is 6.71 Å². The maximum Gasteiger partial charge on any atom is 0.254 e. The van der Waals surface area contributed by atoms with E-state index in [1.54, 1.807) is 11.1 Å². The van der Waals surface area contributed by atoms with Gasteiger partial charge in [-0.3, -0.25) is 0 Å². The Kier molecular flexibility index (Phi) is 11.5. The molecule has 2 atom stereocenters. The number of thiophene rings is 1. The zero-order valence-corrected chi connectivity index (χ0v) is 51.4. The van der Waals surface area contributed by atoms with Crippen LogP contribution >= 0.6 is 11.3 Å². The highest BCUT2D eigenvalue weighted by molar-refractivity contribution is 7.26. The number of rotatable bonds is 6. The quantitative estimate of drug-likeness (QED) is 0.154. The minimum atomic E-state index is -0.135. The molecule has 1 aromatic heterocycles. The zero-order chi connectivity index (χ0) is 55.1. The van der Waals surface area contributed by atoms with Crippen LogP contribution in [0.25, 0.3) is 10.1 Å². The molecule has 7 aromatic rings. The molecule has 77 heavy (non-hydrogen) atoms. The summed E-state index contributed by atoms with van der Waals surface area (Å²) in [5.41, 5.74) is 25.1. The minimum absolute atomic E-state index is 0.0252. The smallest absolute Gasteiger partial charge is 0.254 e. The van der Waals surface area contributed by atoms with Crippen LogP contribution in [0.4, 0.5) is 44.8 Å². The van der Waals surface area contributed by atoms with Crippen LogP contribution in [-0.4, -0.2) is 12.3 Å². The van der Waals surface area contributed by atoms with Crippen molar-refractivity contribution in [1.29, 1.82) is 0 Å². The molecular formula is C72H88BN3S. The molecule has 0 bridgehead atoms. The van der Waals surface area contributed by atoms with E-state index in [1.807, 2.05) is 11.3 Å². The lowest BCUT2D eigenvalue weighted by Gasteiger charge is -2.52. The van der Waals surface area contributed by atoms with E-state index in [1.165, 1.54) is 137 Å². The number of hydrogen-bond donors (Lipinski definition) is 0. The third-order valence-electron chi connectivity index (χ3n) is 20.8. The molecule has 2 unspecified atom stereocenters. The molecule has 6 aromatic carbocycles. The molecule has 3 aliphatic heterocycles. The molecule has 12 rings (SSSR count). The van der Waals surface area contributed by atoms with E-state index in [-0.39, 0.29) is 50.2 Å². The second kappa shape index (κ2) is 16.9. The molecule has 0 spiro atoms. The SMILES string of the molecule is CCC(C)(C)c1ccc(N(c2ccc(C(C)(C)C)c(C)c2)c2cc3c4c(c2)N2c5c(cc(C(C)(C)C)cc5C5(C)CCCCC25C)B4c2c(sc4cc5c(cc24)C(C)(C)CCC5(C)C)N3c2ccc(C(C)(C)C)cc2)cc1. The Morgan fingerprint density at radius 3 is 1.77 bits per heavy atom. The summed E-state index contributed by atoms with van der Waals surface area (Å²) in [5, 5.41) is 2.81. The van der Waals surface area contributed by atoms with Gasteiger partial charge in [-0.05, 0) is 205 Å². The van der Waals surface area contributed by atoms with Crippen molar-refractivity contribution in [3.05, 3.63) is 148 Å². The van der Waals surface area contributed by atoms with Crippen LogP contribution in [-0.2, 0) is 37.9 Å². The Morgan fingerprint density at radius 2 is 1.16 bits per heavy atom. The summed E-state index contributed by atoms with van der Waals surface area (Å²) >= 11 is 2.04. The highest BCUT2D eigenvalue weighted by atomic mass is 32.1. The zero-order valence-electron chi connectivity index (χ0n) is 50.6. The van der Waals surface area contributed by atoms with Crippen molar-refractivity contribution in [2.45, 2.75) is 220 Å². The summed E-state index contributed by atoms with van der Waals surface area (Å²) < 4.78 is 1.41. The molecule has 1 saturated carbocycles. The fourth-order valence-electron chi connectivity index (χ4n) is 15.2. The van der Waals surface area contributed by atoms with Gasteiger partial charge in [0.1, 0.15) is 0 Å². The maximum atomic E-state index is 2.95. The molecule has 0 N–H and O–H groups in total. The lowest BCUT2D eigenvalue weighted by atomic mass is 9.33. The Bertz CT molecular complexity index is 3550. The van der Waals surface area contributed by atoms with Crippen molar-refractivity contribution in [1.82, 2.24) is 0 Å². The molecule has 5 heteroatoms. The first kappa shape index (κ1) is 52.4. The second-order valence-corrected chi connectivity index (χ2v) is 31.2. The van der Waals surface area contributed by atoms with E-state index < -0.39 is 0 Å². The van der Waals surface area contributed by atoms with Gasteiger partial charge in [0.2, 0.25) is 0 Å². The first-order valence-corrected chi connectivity index (χ1v) is 30.4. The van der Waals surface area contributed by atoms with E-state index in [0.717, 1.165) is 12.8 Å². The topological polar surface area (TPSA) is 9.72 Å². The van der Waals surface area contributed by atoms with Crippen LogP contribution < -0.4 is 31.1 Å². The van der Waals surface area contributed by atoms with Gasteiger partial charge in [-0.1, -0.05) is 173 Å². The lowest BCUT2D eigenvalue weighted by molar-refractivity contribution is 0.195. The number of anilines is 8. The fraction of sp³-hybridized carbons (Fsp3) is 0.472. The van der Waals surface area contributed by atoms with Gasteiger partial charge in [0.05, 0.1) is 16.2 Å². The molecule has 400 valence electrons. The highest BCUT2D eigenvalue weighted by Crippen LogP contribution is 2.63. The predicted octanol–water partition coefficient (Wildman–Crippen LogP) is 19.0. The van der Waals surface area contributed by atoms with Crippen molar-refractivity contribution < 1.29 is 0 Å². The third kappa shape index (κ3) is 7.75. The fourth-order valence-corrected chi connectivity index (χ4v) is 16.5. The van der Waals surface area contributed by atoms with E-state index in [0.29, 0.717) is 0 Å². The number of aryl methyl sites for hydroxylation is 1. The van der Waals surface area contributed by atoms with E-state index in [9.17, 15) is 0 Å². The van der Waals surface area contributed by atoms with Crippen LogP contribution in [0.15, 0.2) is 103 Å². The van der Waals surface area contributed by atoms with Gasteiger partial charge in [-0.25, -0.2) is 0 Å². The Morgan fingerprint density at radius 1 is 0.558 bits per heavy atom. The summed E-state index contributed by atoms with van der Waals surface area (Å²) in [6.45, 7) is 46.1. The van der Waals surface area contributed by atoms with Crippen LogP contribution in [0.1, 0.15) is 214 Å². The van der Waals surface area contributed by atoms with Crippen LogP contribution in [0.5, 0.6) is 0 Å². The predicted molar refractivity (Wildman–Crippen MR) is 338 cm³/mol. The number of benzene rings is 6. The Balaban J connectivity index is 1.24. The molecule has 2 aliphatic carbocycles. The molecule has 4 heterocycles. The van der Waals surface area contributed by atoms with E-state index in [2.05, 4.69) is 249 Å². The van der Waals surface area contributed by atoms with Crippen LogP contribution in [0, 0.1) is 6.92 Å². The first-order valence-electron chi connectivity index (χ1n) is 29.6. The highest BCUT2D eigenvalue weighted by Gasteiger charge is 2.62. The molecule has 0 saturated heterocycles. The monoisotopic (exact) mass is 1040 g/mol. The molecular weight excluding hydrogens is 950 g/mol. The van der Waals surface area contributed by atoms with Gasteiger partial charge in [-0.2, -0.15) is 0 Å². The van der Waals surface area contributed by atoms with Crippen molar-refractivity contribution in [3.8, 4) is 0 Å². The van der Waals surface area contributed by atoms with Crippen molar-refractivity contribution in [3.63, 3.8) is 0 Å². The molecule has 0 amide bonds. The minimum Gasteiger partial charge on any atom is -0.335 e. The summed E-state index contributed by atoms with van der Waals surface area (Å²) in [4.78, 5) is 8.29. The Hall–Kier alpha value is -5.26. The van der Waals surface area contributed by atoms with Gasteiger partial charge in [-0.15, -0.1) is 11.3 Å². The second-order valence-electron chi connectivity index (χ2n) is 30.2. The number of hydrogen-bond acceptors (Lipinski definition) is 4. The molecule has 3 nitrogen and oxygen atoms in total. The summed E-state index contributed by atoms with van der Waals surface area (Å²) in [6, 6.07) is 42.6. The third-order valence-corrected chi connectivity index (χ3v) is 21.9. The van der Waals surface area contributed by atoms with Crippen LogP contribution in [0.2, 0.25) is 0 Å². The molecule has 5 aliphatic rings. The maximum absolute atomic E-state index is 2.95. The average molecular weight is 1040 g/mol. The van der Waals surface area contributed by atoms with E-state index >= 15 is 0 Å². The number of fused-ring (bicyclic) bond motifs is 10. The van der Waals surface area contributed by atoms with Crippen LogP contribution in [0.3, 0.4) is 0 Å². The first-order chi connectivity index (χ1) is 35.9. The summed E-state index contributed by atoms with van der Waals surface area (Å²) in [6.07, 6.45) is 8.30. The van der Waals surface area contributed by atoms with Gasteiger partial charge in [0.15, 0.2) is 0 Å².